The second kappa shape index (κ2) is 9.80. The van der Waals surface area contributed by atoms with Crippen LogP contribution < -0.4 is 0 Å². The first kappa shape index (κ1) is 23.2. The van der Waals surface area contributed by atoms with Gasteiger partial charge in [-0.25, -0.2) is 0 Å². The minimum absolute atomic E-state index is 0.286. The molecule has 3 aliphatic carbocycles. The highest BCUT2D eigenvalue weighted by molar-refractivity contribution is 5.82. The Morgan fingerprint density at radius 1 is 1.33 bits per heavy atom. The number of rotatable bonds is 6. The zero-order chi connectivity index (χ0) is 21.9. The second-order valence-corrected chi connectivity index (χ2v) is 9.99. The van der Waals surface area contributed by atoms with Gasteiger partial charge in [0, 0.05) is 13.0 Å². The first-order chi connectivity index (χ1) is 14.3. The van der Waals surface area contributed by atoms with Crippen LogP contribution in [0.5, 0.6) is 0 Å². The van der Waals surface area contributed by atoms with Gasteiger partial charge in [0.05, 0.1) is 24.5 Å². The van der Waals surface area contributed by atoms with Crippen molar-refractivity contribution in [3.63, 3.8) is 0 Å². The second-order valence-electron chi connectivity index (χ2n) is 9.99. The van der Waals surface area contributed by atoms with E-state index in [0.717, 1.165) is 17.6 Å². The highest BCUT2D eigenvalue weighted by Gasteiger charge is 2.50. The average Bonchev–Trinajstić information content (AvgIpc) is 3.06. The van der Waals surface area contributed by atoms with Crippen LogP contribution in [-0.2, 0) is 4.74 Å². The molecule has 0 aromatic heterocycles. The van der Waals surface area contributed by atoms with E-state index < -0.39 is 12.2 Å². The Bertz CT molecular complexity index is 725. The van der Waals surface area contributed by atoms with Gasteiger partial charge >= 0.3 is 0 Å². The van der Waals surface area contributed by atoms with Crippen LogP contribution in [-0.4, -0.2) is 46.6 Å². The Labute approximate surface area is 181 Å². The molecule has 168 valence electrons. The van der Waals surface area contributed by atoms with E-state index in [1.54, 1.807) is 6.92 Å². The van der Waals surface area contributed by atoms with E-state index in [2.05, 4.69) is 37.7 Å². The monoisotopic (exact) mass is 417 g/mol. The Kier molecular flexibility index (Phi) is 7.59. The average molecular weight is 418 g/mol. The largest absolute Gasteiger partial charge is 0.411 e. The third-order valence-corrected chi connectivity index (χ3v) is 7.85. The molecule has 0 heterocycles. The van der Waals surface area contributed by atoms with Crippen molar-refractivity contribution in [1.82, 2.24) is 0 Å². The van der Waals surface area contributed by atoms with Crippen LogP contribution in [0.25, 0.3) is 0 Å². The van der Waals surface area contributed by atoms with Crippen LogP contribution in [0.3, 0.4) is 0 Å². The van der Waals surface area contributed by atoms with Crippen LogP contribution in [0.15, 0.2) is 40.6 Å². The van der Waals surface area contributed by atoms with E-state index in [9.17, 15) is 10.2 Å². The van der Waals surface area contributed by atoms with Gasteiger partial charge in [-0.15, -0.1) is 0 Å². The zero-order valence-corrected chi connectivity index (χ0v) is 18.8. The van der Waals surface area contributed by atoms with Crippen LogP contribution in [0.1, 0.15) is 65.7 Å². The standard InChI is InChI=1S/C25H39NO4/c1-16(14-30-15-17(2)26-29)22-9-10-23-19(6-5-11-25(22,23)4)7-8-20-12-21(27)13-24(28)18(20)3/h7-8,16,21-24,27-29H,3,5-6,9-15H2,1-2,4H3/b19-7+,20-8-,26-17?/t16-,21-,22-,23+,24+,25-/m1/s1. The summed E-state index contributed by atoms with van der Waals surface area (Å²) in [5.41, 5.74) is 4.14. The fourth-order valence-electron chi connectivity index (χ4n) is 6.22. The van der Waals surface area contributed by atoms with Gasteiger partial charge in [0.15, 0.2) is 0 Å². The Hall–Kier alpha value is -1.43. The molecule has 0 amide bonds. The molecule has 3 N–H and O–H groups in total. The van der Waals surface area contributed by atoms with Crippen molar-refractivity contribution in [1.29, 1.82) is 0 Å². The molecule has 0 unspecified atom stereocenters. The number of allylic oxidation sites excluding steroid dienone is 3. The molecule has 0 aromatic carbocycles. The summed E-state index contributed by atoms with van der Waals surface area (Å²) in [5, 5.41) is 32.1. The van der Waals surface area contributed by atoms with E-state index in [0.29, 0.717) is 49.5 Å². The lowest BCUT2D eigenvalue weighted by molar-refractivity contribution is 0.0453. The number of ether oxygens (including phenoxy) is 1. The van der Waals surface area contributed by atoms with Crippen molar-refractivity contribution < 1.29 is 20.2 Å². The maximum Gasteiger partial charge on any atom is 0.0879 e. The number of fused-ring (bicyclic) bond motifs is 1. The molecule has 0 aliphatic heterocycles. The summed E-state index contributed by atoms with van der Waals surface area (Å²) in [6.07, 6.45) is 10.2. The molecule has 0 saturated heterocycles. The van der Waals surface area contributed by atoms with Crippen molar-refractivity contribution in [3.05, 3.63) is 35.5 Å². The minimum atomic E-state index is -0.633. The van der Waals surface area contributed by atoms with E-state index in [1.165, 1.54) is 31.3 Å². The molecule has 0 bridgehead atoms. The molecule has 3 saturated carbocycles. The molecule has 0 radical (unpaired) electrons. The van der Waals surface area contributed by atoms with Gasteiger partial charge in [-0.05, 0) is 79.8 Å². The number of hydrogen-bond acceptors (Lipinski definition) is 5. The summed E-state index contributed by atoms with van der Waals surface area (Å²) >= 11 is 0. The summed E-state index contributed by atoms with van der Waals surface area (Å²) < 4.78 is 5.80. The van der Waals surface area contributed by atoms with Crippen LogP contribution in [0, 0.1) is 23.2 Å². The van der Waals surface area contributed by atoms with Crippen molar-refractivity contribution in [2.24, 2.45) is 28.3 Å². The van der Waals surface area contributed by atoms with E-state index in [-0.39, 0.29) is 5.41 Å². The zero-order valence-electron chi connectivity index (χ0n) is 18.8. The van der Waals surface area contributed by atoms with E-state index >= 15 is 0 Å². The summed E-state index contributed by atoms with van der Waals surface area (Å²) in [5.74, 6) is 1.68. The first-order valence-electron chi connectivity index (χ1n) is 11.5. The van der Waals surface area contributed by atoms with Gasteiger partial charge in [0.1, 0.15) is 0 Å². The molecule has 0 aromatic rings. The predicted octanol–water partition coefficient (Wildman–Crippen LogP) is 4.63. The van der Waals surface area contributed by atoms with E-state index in [4.69, 9.17) is 9.94 Å². The lowest BCUT2D eigenvalue weighted by atomic mass is 9.61. The Morgan fingerprint density at radius 2 is 2.10 bits per heavy atom. The fourth-order valence-corrected chi connectivity index (χ4v) is 6.22. The summed E-state index contributed by atoms with van der Waals surface area (Å²) in [7, 11) is 0. The van der Waals surface area contributed by atoms with Crippen LogP contribution in [0.2, 0.25) is 0 Å². The summed E-state index contributed by atoms with van der Waals surface area (Å²) in [4.78, 5) is 0. The molecule has 5 heteroatoms. The lowest BCUT2D eigenvalue weighted by Gasteiger charge is -2.44. The normalized spacial score (nSPS) is 38.8. The Morgan fingerprint density at radius 3 is 2.83 bits per heavy atom. The van der Waals surface area contributed by atoms with Crippen molar-refractivity contribution in [2.45, 2.75) is 77.9 Å². The molecule has 3 rings (SSSR count). The third-order valence-electron chi connectivity index (χ3n) is 7.85. The molecular weight excluding hydrogens is 378 g/mol. The van der Waals surface area contributed by atoms with Gasteiger partial charge in [-0.1, -0.05) is 43.3 Å². The van der Waals surface area contributed by atoms with Crippen molar-refractivity contribution >= 4 is 5.71 Å². The highest BCUT2D eigenvalue weighted by Crippen LogP contribution is 2.59. The Balaban J connectivity index is 1.70. The summed E-state index contributed by atoms with van der Waals surface area (Å²) in [6.45, 7) is 11.6. The van der Waals surface area contributed by atoms with Crippen molar-refractivity contribution in [2.75, 3.05) is 13.2 Å². The number of aliphatic hydroxyl groups excluding tert-OH is 2. The predicted molar refractivity (Wildman–Crippen MR) is 120 cm³/mol. The molecule has 3 fully saturated rings. The maximum atomic E-state index is 10.1. The third kappa shape index (κ3) is 4.90. The quantitative estimate of drug-likeness (QED) is 0.334. The number of aliphatic hydroxyl groups is 2. The van der Waals surface area contributed by atoms with Gasteiger partial charge in [-0.2, -0.15) is 0 Å². The number of hydrogen-bond donors (Lipinski definition) is 3. The van der Waals surface area contributed by atoms with Gasteiger partial charge in [0.25, 0.3) is 0 Å². The first-order valence-corrected chi connectivity index (χ1v) is 11.5. The van der Waals surface area contributed by atoms with Gasteiger partial charge in [-0.3, -0.25) is 0 Å². The molecule has 5 nitrogen and oxygen atoms in total. The molecule has 6 atom stereocenters. The molecule has 30 heavy (non-hydrogen) atoms. The maximum absolute atomic E-state index is 10.1. The van der Waals surface area contributed by atoms with E-state index in [1.807, 2.05) is 0 Å². The smallest absolute Gasteiger partial charge is 0.0879 e. The van der Waals surface area contributed by atoms with Crippen LogP contribution in [0.4, 0.5) is 0 Å². The molecular formula is C25H39NO4. The SMILES string of the molecule is C=C1/C(=C\C=C2/CCC[C@]3(C)[C@@H]([C@H](C)COCC(C)=NO)CC[C@@H]23)C[C@@H](O)C[C@@H]1O. The number of oxime groups is 1. The van der Waals surface area contributed by atoms with Gasteiger partial charge in [0.2, 0.25) is 0 Å². The summed E-state index contributed by atoms with van der Waals surface area (Å²) in [6, 6.07) is 0. The number of nitrogens with zero attached hydrogens (tertiary/aromatic N) is 1. The molecule has 0 spiro atoms. The van der Waals surface area contributed by atoms with Crippen LogP contribution >= 0.6 is 0 Å². The minimum Gasteiger partial charge on any atom is -0.411 e. The highest BCUT2D eigenvalue weighted by atomic mass is 16.5. The molecule has 3 aliphatic rings. The van der Waals surface area contributed by atoms with Crippen molar-refractivity contribution in [3.8, 4) is 0 Å². The van der Waals surface area contributed by atoms with Gasteiger partial charge < -0.3 is 20.2 Å². The fraction of sp³-hybridized carbons (Fsp3) is 0.720. The lowest BCUT2D eigenvalue weighted by Crippen LogP contribution is -2.37. The topological polar surface area (TPSA) is 82.3 Å².